The van der Waals surface area contributed by atoms with Gasteiger partial charge >= 0.3 is 6.18 Å². The summed E-state index contributed by atoms with van der Waals surface area (Å²) in [6.07, 6.45) is -4.45. The van der Waals surface area contributed by atoms with E-state index in [-0.39, 0.29) is 24.2 Å². The summed E-state index contributed by atoms with van der Waals surface area (Å²) in [7, 11) is 3.12. The SMILES string of the molecule is COc1ccc(CN(Cc2cccc(C(F)(F)F)c2)Cc2nc(C(=O)NC(c3ccccc3)c3ccccc3)cs2)c(OC)c1. The van der Waals surface area contributed by atoms with Crippen LogP contribution >= 0.6 is 11.3 Å². The Morgan fingerprint density at radius 3 is 2.16 bits per heavy atom. The number of nitrogens with zero attached hydrogens (tertiary/aromatic N) is 2. The fourth-order valence-corrected chi connectivity index (χ4v) is 5.85. The van der Waals surface area contributed by atoms with Gasteiger partial charge in [0.25, 0.3) is 5.91 Å². The minimum Gasteiger partial charge on any atom is -0.497 e. The van der Waals surface area contributed by atoms with Gasteiger partial charge in [0.15, 0.2) is 0 Å². The van der Waals surface area contributed by atoms with Crippen molar-refractivity contribution in [1.29, 1.82) is 0 Å². The van der Waals surface area contributed by atoms with E-state index in [4.69, 9.17) is 9.47 Å². The van der Waals surface area contributed by atoms with Gasteiger partial charge in [0, 0.05) is 30.1 Å². The minimum absolute atomic E-state index is 0.213. The van der Waals surface area contributed by atoms with Gasteiger partial charge in [0.1, 0.15) is 22.2 Å². The maximum atomic E-state index is 13.5. The Bertz CT molecular complexity index is 1670. The Balaban J connectivity index is 1.38. The molecule has 0 spiro atoms. The van der Waals surface area contributed by atoms with Gasteiger partial charge in [-0.2, -0.15) is 13.2 Å². The minimum atomic E-state index is -4.45. The molecule has 5 aromatic rings. The maximum absolute atomic E-state index is 13.5. The largest absolute Gasteiger partial charge is 0.497 e. The predicted octanol–water partition coefficient (Wildman–Crippen LogP) is 7.90. The molecule has 1 N–H and O–H groups in total. The van der Waals surface area contributed by atoms with Crippen LogP contribution in [0.3, 0.4) is 0 Å². The van der Waals surface area contributed by atoms with Crippen LogP contribution in [0.15, 0.2) is 109 Å². The van der Waals surface area contributed by atoms with Crippen molar-refractivity contribution in [1.82, 2.24) is 15.2 Å². The van der Waals surface area contributed by atoms with Crippen molar-refractivity contribution in [3.05, 3.63) is 147 Å². The zero-order valence-corrected chi connectivity index (χ0v) is 25.6. The normalized spacial score (nSPS) is 11.5. The van der Waals surface area contributed by atoms with Crippen LogP contribution in [0.4, 0.5) is 13.2 Å². The molecule has 0 aliphatic rings. The Labute approximate surface area is 264 Å². The number of hydrogen-bond donors (Lipinski definition) is 1. The highest BCUT2D eigenvalue weighted by molar-refractivity contribution is 7.09. The molecule has 45 heavy (non-hydrogen) atoms. The summed E-state index contributed by atoms with van der Waals surface area (Å²) in [5.74, 6) is 0.895. The molecule has 0 atom stereocenters. The highest BCUT2D eigenvalue weighted by Gasteiger charge is 2.30. The van der Waals surface area contributed by atoms with Crippen LogP contribution in [-0.2, 0) is 25.8 Å². The molecule has 0 saturated heterocycles. The molecule has 0 radical (unpaired) electrons. The monoisotopic (exact) mass is 631 g/mol. The number of rotatable bonds is 12. The second-order valence-electron chi connectivity index (χ2n) is 10.4. The molecule has 4 aromatic carbocycles. The van der Waals surface area contributed by atoms with Crippen LogP contribution in [0.2, 0.25) is 0 Å². The van der Waals surface area contributed by atoms with Crippen molar-refractivity contribution >= 4 is 17.2 Å². The van der Waals surface area contributed by atoms with Gasteiger partial charge in [-0.25, -0.2) is 4.98 Å². The number of benzene rings is 4. The molecule has 1 amide bonds. The third kappa shape index (κ3) is 8.29. The van der Waals surface area contributed by atoms with Gasteiger partial charge in [-0.1, -0.05) is 84.9 Å². The predicted molar refractivity (Wildman–Crippen MR) is 168 cm³/mol. The summed E-state index contributed by atoms with van der Waals surface area (Å²) in [5.41, 5.74) is 2.77. The molecular weight excluding hydrogens is 599 g/mol. The number of amides is 1. The molecule has 1 heterocycles. The van der Waals surface area contributed by atoms with Gasteiger partial charge in [-0.15, -0.1) is 11.3 Å². The molecule has 1 aromatic heterocycles. The highest BCUT2D eigenvalue weighted by atomic mass is 32.1. The quantitative estimate of drug-likeness (QED) is 0.152. The van der Waals surface area contributed by atoms with Crippen LogP contribution in [0.5, 0.6) is 11.5 Å². The molecule has 232 valence electrons. The van der Waals surface area contributed by atoms with Crippen molar-refractivity contribution in [2.75, 3.05) is 14.2 Å². The molecule has 6 nitrogen and oxygen atoms in total. The number of halogens is 3. The summed E-state index contributed by atoms with van der Waals surface area (Å²) in [6.45, 7) is 0.864. The van der Waals surface area contributed by atoms with Gasteiger partial charge in [0.05, 0.1) is 32.4 Å². The lowest BCUT2D eigenvalue weighted by Crippen LogP contribution is -2.29. The topological polar surface area (TPSA) is 63.7 Å². The average Bonchev–Trinajstić information content (AvgIpc) is 3.53. The first kappa shape index (κ1) is 31.7. The number of hydrogen-bond acceptors (Lipinski definition) is 6. The van der Waals surface area contributed by atoms with Crippen molar-refractivity contribution in [2.24, 2.45) is 0 Å². The van der Waals surface area contributed by atoms with E-state index in [0.717, 1.165) is 28.8 Å². The summed E-state index contributed by atoms with van der Waals surface area (Å²) < 4.78 is 51.3. The second-order valence-corrected chi connectivity index (χ2v) is 11.3. The van der Waals surface area contributed by atoms with Crippen LogP contribution in [0.25, 0.3) is 0 Å². The number of aromatic nitrogens is 1. The fourth-order valence-electron chi connectivity index (χ4n) is 5.03. The second kappa shape index (κ2) is 14.4. The van der Waals surface area contributed by atoms with Crippen molar-refractivity contribution in [3.63, 3.8) is 0 Å². The fraction of sp³-hybridized carbons (Fsp3) is 0.200. The van der Waals surface area contributed by atoms with Crippen LogP contribution < -0.4 is 14.8 Å². The first-order chi connectivity index (χ1) is 21.7. The third-order valence-electron chi connectivity index (χ3n) is 7.23. The van der Waals surface area contributed by atoms with E-state index in [9.17, 15) is 18.0 Å². The molecular formula is C35H32F3N3O3S. The summed E-state index contributed by atoms with van der Waals surface area (Å²) >= 11 is 1.32. The highest BCUT2D eigenvalue weighted by Crippen LogP contribution is 2.31. The number of methoxy groups -OCH3 is 2. The van der Waals surface area contributed by atoms with E-state index in [1.165, 1.54) is 17.4 Å². The zero-order valence-electron chi connectivity index (χ0n) is 24.8. The smallest absolute Gasteiger partial charge is 0.416 e. The van der Waals surface area contributed by atoms with E-state index in [0.29, 0.717) is 35.2 Å². The van der Waals surface area contributed by atoms with Crippen LogP contribution in [0.1, 0.15) is 49.4 Å². The Morgan fingerprint density at radius 2 is 1.53 bits per heavy atom. The third-order valence-corrected chi connectivity index (χ3v) is 8.07. The van der Waals surface area contributed by atoms with E-state index >= 15 is 0 Å². The Kier molecular flexibility index (Phi) is 10.2. The molecule has 0 fully saturated rings. The number of nitrogens with one attached hydrogen (secondary N) is 1. The number of alkyl halides is 3. The van der Waals surface area contributed by atoms with Crippen LogP contribution in [0, 0.1) is 0 Å². The average molecular weight is 632 g/mol. The summed E-state index contributed by atoms with van der Waals surface area (Å²) in [4.78, 5) is 20.0. The first-order valence-electron chi connectivity index (χ1n) is 14.2. The van der Waals surface area contributed by atoms with E-state index < -0.39 is 11.7 Å². The number of carbonyl (C=O) groups excluding carboxylic acids is 1. The lowest BCUT2D eigenvalue weighted by molar-refractivity contribution is -0.137. The number of thiazole rings is 1. The molecule has 0 bridgehead atoms. The van der Waals surface area contributed by atoms with Crippen molar-refractivity contribution in [2.45, 2.75) is 31.9 Å². The first-order valence-corrected chi connectivity index (χ1v) is 15.1. The Morgan fingerprint density at radius 1 is 0.844 bits per heavy atom. The van der Waals surface area contributed by atoms with Crippen molar-refractivity contribution < 1.29 is 27.4 Å². The van der Waals surface area contributed by atoms with E-state index in [2.05, 4.69) is 10.3 Å². The van der Waals surface area contributed by atoms with Gasteiger partial charge in [0.2, 0.25) is 0 Å². The molecule has 0 aliphatic heterocycles. The van der Waals surface area contributed by atoms with Crippen LogP contribution in [-0.4, -0.2) is 30.0 Å². The lowest BCUT2D eigenvalue weighted by atomic mass is 9.98. The van der Waals surface area contributed by atoms with Crippen molar-refractivity contribution in [3.8, 4) is 11.5 Å². The van der Waals surface area contributed by atoms with Gasteiger partial charge < -0.3 is 14.8 Å². The summed E-state index contributed by atoms with van der Waals surface area (Å²) in [6, 6.07) is 29.8. The molecule has 0 aliphatic carbocycles. The number of carbonyl (C=O) groups is 1. The van der Waals surface area contributed by atoms with E-state index in [1.54, 1.807) is 31.7 Å². The Hall–Kier alpha value is -4.67. The van der Waals surface area contributed by atoms with Gasteiger partial charge in [-0.3, -0.25) is 9.69 Å². The summed E-state index contributed by atoms with van der Waals surface area (Å²) in [5, 5.41) is 5.47. The van der Waals surface area contributed by atoms with Gasteiger partial charge in [-0.05, 0) is 28.8 Å². The molecule has 5 rings (SSSR count). The molecule has 10 heteroatoms. The lowest BCUT2D eigenvalue weighted by Gasteiger charge is -2.23. The standard InChI is InChI=1S/C35H32F3N3O3S/c1-43-29-17-16-27(31(19-29)44-2)21-41(20-24-10-9-15-28(18-24)35(36,37)38)22-32-39-30(23-45-32)34(42)40-33(25-11-5-3-6-12-25)26-13-7-4-8-14-26/h3-19,23,33H,20-22H2,1-2H3,(H,40,42). The molecule has 0 saturated carbocycles. The zero-order chi connectivity index (χ0) is 31.8. The maximum Gasteiger partial charge on any atom is 0.416 e. The number of ether oxygens (including phenoxy) is 2. The molecule has 0 unspecified atom stereocenters. The van der Waals surface area contributed by atoms with E-state index in [1.807, 2.05) is 77.7 Å².